The maximum Gasteiger partial charge on any atom is 0.237 e. The Bertz CT molecular complexity index is 365. The summed E-state index contributed by atoms with van der Waals surface area (Å²) in [6.45, 7) is 4.34. The van der Waals surface area contributed by atoms with Crippen LogP contribution in [0.4, 0.5) is 0 Å². The molecule has 5 nitrogen and oxygen atoms in total. The number of rotatable bonds is 3. The first-order valence-electron chi connectivity index (χ1n) is 5.11. The fourth-order valence-corrected chi connectivity index (χ4v) is 2.15. The number of amides is 1. The summed E-state index contributed by atoms with van der Waals surface area (Å²) in [5.41, 5.74) is 6.36. The topological polar surface area (TPSA) is 72.9 Å². The lowest BCUT2D eigenvalue weighted by atomic mass is 9.86. The number of hydrogen-bond donors (Lipinski definition) is 2. The van der Waals surface area contributed by atoms with Crippen molar-refractivity contribution in [3.05, 3.63) is 18.2 Å². The van der Waals surface area contributed by atoms with E-state index in [-0.39, 0.29) is 17.9 Å². The SMILES string of the molecule is CC1(c2cncn2CC(N)=O)CCNC1. The van der Waals surface area contributed by atoms with Gasteiger partial charge < -0.3 is 15.6 Å². The number of carbonyl (C=O) groups is 1. The van der Waals surface area contributed by atoms with Gasteiger partial charge in [-0.2, -0.15) is 0 Å². The Balaban J connectivity index is 2.27. The molecular weight excluding hydrogens is 192 g/mol. The smallest absolute Gasteiger partial charge is 0.237 e. The molecule has 1 aliphatic heterocycles. The van der Waals surface area contributed by atoms with Crippen molar-refractivity contribution in [2.45, 2.75) is 25.3 Å². The van der Waals surface area contributed by atoms with Crippen LogP contribution in [0.15, 0.2) is 12.5 Å². The van der Waals surface area contributed by atoms with E-state index in [1.165, 1.54) is 0 Å². The molecule has 3 N–H and O–H groups in total. The van der Waals surface area contributed by atoms with E-state index in [0.717, 1.165) is 25.2 Å². The van der Waals surface area contributed by atoms with E-state index >= 15 is 0 Å². The molecule has 1 unspecified atom stereocenters. The van der Waals surface area contributed by atoms with E-state index in [0.29, 0.717) is 0 Å². The molecule has 0 aliphatic carbocycles. The number of nitrogens with zero attached hydrogens (tertiary/aromatic N) is 2. The second-order valence-corrected chi connectivity index (χ2v) is 4.36. The van der Waals surface area contributed by atoms with Crippen molar-refractivity contribution in [1.82, 2.24) is 14.9 Å². The van der Waals surface area contributed by atoms with Crippen LogP contribution in [0.25, 0.3) is 0 Å². The average molecular weight is 208 g/mol. The van der Waals surface area contributed by atoms with Crippen molar-refractivity contribution in [1.29, 1.82) is 0 Å². The van der Waals surface area contributed by atoms with Crippen molar-refractivity contribution in [3.8, 4) is 0 Å². The number of primary amides is 1. The van der Waals surface area contributed by atoms with E-state index in [1.807, 2.05) is 10.8 Å². The average Bonchev–Trinajstić information content (AvgIpc) is 2.73. The van der Waals surface area contributed by atoms with Crippen LogP contribution in [0.1, 0.15) is 19.0 Å². The molecule has 5 heteroatoms. The minimum absolute atomic E-state index is 0.0753. The number of nitrogens with two attached hydrogens (primary N) is 1. The third kappa shape index (κ3) is 1.87. The molecule has 2 rings (SSSR count). The van der Waals surface area contributed by atoms with Crippen LogP contribution < -0.4 is 11.1 Å². The van der Waals surface area contributed by atoms with Crippen LogP contribution in [0.3, 0.4) is 0 Å². The third-order valence-electron chi connectivity index (χ3n) is 3.03. The van der Waals surface area contributed by atoms with Gasteiger partial charge in [-0.25, -0.2) is 4.98 Å². The first-order valence-corrected chi connectivity index (χ1v) is 5.11. The molecule has 0 radical (unpaired) electrons. The Morgan fingerprint density at radius 3 is 3.20 bits per heavy atom. The van der Waals surface area contributed by atoms with Crippen LogP contribution in [0.2, 0.25) is 0 Å². The summed E-state index contributed by atoms with van der Waals surface area (Å²) >= 11 is 0. The summed E-state index contributed by atoms with van der Waals surface area (Å²) in [5, 5.41) is 3.32. The van der Waals surface area contributed by atoms with E-state index < -0.39 is 0 Å². The Labute approximate surface area is 88.7 Å². The van der Waals surface area contributed by atoms with Gasteiger partial charge in [-0.3, -0.25) is 4.79 Å². The van der Waals surface area contributed by atoms with Crippen molar-refractivity contribution in [2.75, 3.05) is 13.1 Å². The zero-order valence-corrected chi connectivity index (χ0v) is 8.86. The van der Waals surface area contributed by atoms with Gasteiger partial charge in [0.05, 0.1) is 6.33 Å². The summed E-state index contributed by atoms with van der Waals surface area (Å²) in [5.74, 6) is -0.330. The maximum absolute atomic E-state index is 10.9. The molecule has 0 saturated carbocycles. The van der Waals surface area contributed by atoms with Crippen molar-refractivity contribution in [2.24, 2.45) is 5.73 Å². The first kappa shape index (κ1) is 10.2. The summed E-state index contributed by atoms with van der Waals surface area (Å²) in [6, 6.07) is 0. The molecule has 1 atom stereocenters. The zero-order chi connectivity index (χ0) is 10.9. The van der Waals surface area contributed by atoms with E-state index in [1.54, 1.807) is 6.33 Å². The number of imidazole rings is 1. The molecule has 1 aromatic heterocycles. The molecule has 15 heavy (non-hydrogen) atoms. The van der Waals surface area contributed by atoms with Crippen LogP contribution in [-0.4, -0.2) is 28.5 Å². The molecule has 1 saturated heterocycles. The molecule has 0 aromatic carbocycles. The fourth-order valence-electron chi connectivity index (χ4n) is 2.15. The lowest BCUT2D eigenvalue weighted by Crippen LogP contribution is -2.30. The molecule has 1 aliphatic rings. The van der Waals surface area contributed by atoms with Gasteiger partial charge in [0.15, 0.2) is 0 Å². The standard InChI is InChI=1S/C10H16N4O/c1-10(2-3-12-6-10)8-4-13-7-14(8)5-9(11)15/h4,7,12H,2-3,5-6H2,1H3,(H2,11,15). The monoisotopic (exact) mass is 208 g/mol. The molecule has 1 fully saturated rings. The molecule has 2 heterocycles. The fraction of sp³-hybridized carbons (Fsp3) is 0.600. The van der Waals surface area contributed by atoms with Gasteiger partial charge in [-0.15, -0.1) is 0 Å². The lowest BCUT2D eigenvalue weighted by Gasteiger charge is -2.23. The Morgan fingerprint density at radius 2 is 2.60 bits per heavy atom. The normalized spacial score (nSPS) is 25.7. The highest BCUT2D eigenvalue weighted by Crippen LogP contribution is 2.29. The molecule has 0 bridgehead atoms. The summed E-state index contributed by atoms with van der Waals surface area (Å²) in [4.78, 5) is 15.0. The minimum atomic E-state index is -0.330. The summed E-state index contributed by atoms with van der Waals surface area (Å²) in [7, 11) is 0. The number of carbonyl (C=O) groups excluding carboxylic acids is 1. The Hall–Kier alpha value is -1.36. The Kier molecular flexibility index (Phi) is 2.48. The quantitative estimate of drug-likeness (QED) is 0.711. The Morgan fingerprint density at radius 1 is 1.80 bits per heavy atom. The highest BCUT2D eigenvalue weighted by atomic mass is 16.1. The van der Waals surface area contributed by atoms with Crippen LogP contribution in [0.5, 0.6) is 0 Å². The highest BCUT2D eigenvalue weighted by molar-refractivity contribution is 5.73. The second-order valence-electron chi connectivity index (χ2n) is 4.36. The molecule has 0 spiro atoms. The lowest BCUT2D eigenvalue weighted by molar-refractivity contribution is -0.118. The van der Waals surface area contributed by atoms with Gasteiger partial charge in [-0.1, -0.05) is 6.92 Å². The van der Waals surface area contributed by atoms with E-state index in [2.05, 4.69) is 17.2 Å². The summed E-state index contributed by atoms with van der Waals surface area (Å²) < 4.78 is 1.84. The van der Waals surface area contributed by atoms with Gasteiger partial charge in [0.2, 0.25) is 5.91 Å². The highest BCUT2D eigenvalue weighted by Gasteiger charge is 2.33. The van der Waals surface area contributed by atoms with Crippen molar-refractivity contribution < 1.29 is 4.79 Å². The largest absolute Gasteiger partial charge is 0.368 e. The maximum atomic E-state index is 10.9. The third-order valence-corrected chi connectivity index (χ3v) is 3.03. The molecular formula is C10H16N4O. The van der Waals surface area contributed by atoms with Gasteiger partial charge in [0.1, 0.15) is 6.54 Å². The van der Waals surface area contributed by atoms with Crippen LogP contribution in [-0.2, 0) is 16.8 Å². The van der Waals surface area contributed by atoms with Crippen LogP contribution in [0, 0.1) is 0 Å². The number of hydrogen-bond acceptors (Lipinski definition) is 3. The van der Waals surface area contributed by atoms with Crippen molar-refractivity contribution in [3.63, 3.8) is 0 Å². The van der Waals surface area contributed by atoms with Gasteiger partial charge in [0, 0.05) is 23.9 Å². The van der Waals surface area contributed by atoms with E-state index in [4.69, 9.17) is 5.73 Å². The molecule has 1 aromatic rings. The minimum Gasteiger partial charge on any atom is -0.368 e. The number of nitrogens with one attached hydrogen (secondary N) is 1. The van der Waals surface area contributed by atoms with Gasteiger partial charge in [0.25, 0.3) is 0 Å². The summed E-state index contributed by atoms with van der Waals surface area (Å²) in [6.07, 6.45) is 4.57. The number of aromatic nitrogens is 2. The van der Waals surface area contributed by atoms with Crippen molar-refractivity contribution >= 4 is 5.91 Å². The van der Waals surface area contributed by atoms with Gasteiger partial charge >= 0.3 is 0 Å². The molecule has 82 valence electrons. The first-order chi connectivity index (χ1) is 7.12. The van der Waals surface area contributed by atoms with Crippen LogP contribution >= 0.6 is 0 Å². The molecule has 1 amide bonds. The second kappa shape index (κ2) is 3.66. The zero-order valence-electron chi connectivity index (χ0n) is 8.86. The van der Waals surface area contributed by atoms with E-state index in [9.17, 15) is 4.79 Å². The predicted molar refractivity (Wildman–Crippen MR) is 56.3 cm³/mol. The van der Waals surface area contributed by atoms with Gasteiger partial charge in [-0.05, 0) is 13.0 Å². The predicted octanol–water partition coefficient (Wildman–Crippen LogP) is -0.381.